The predicted molar refractivity (Wildman–Crippen MR) is 70.9 cm³/mol. The topological polar surface area (TPSA) is 46.6 Å². The first-order chi connectivity index (χ1) is 8.60. The Balaban J connectivity index is 2.89. The number of rotatable bonds is 5. The van der Waals surface area contributed by atoms with Gasteiger partial charge in [-0.15, -0.1) is 11.6 Å². The van der Waals surface area contributed by atoms with Gasteiger partial charge in [0.05, 0.1) is 13.5 Å². The molecule has 0 saturated heterocycles. The molecule has 0 bridgehead atoms. The highest BCUT2D eigenvalue weighted by Crippen LogP contribution is 2.20. The molecule has 1 aromatic carbocycles. The second-order valence-electron chi connectivity index (χ2n) is 3.79. The standard InChI is InChI=1S/C13H16ClNO3/c1-10-5-3-4-6-11(10)15(12(16)9-14)8-7-13(17)18-2/h3-6H,7-9H2,1-2H3. The van der Waals surface area contributed by atoms with Crippen LogP contribution in [0.5, 0.6) is 0 Å². The Labute approximate surface area is 111 Å². The number of methoxy groups -OCH3 is 1. The van der Waals surface area contributed by atoms with Crippen LogP contribution in [0.3, 0.4) is 0 Å². The van der Waals surface area contributed by atoms with E-state index in [1.54, 1.807) is 0 Å². The van der Waals surface area contributed by atoms with Crippen LogP contribution in [0.4, 0.5) is 5.69 Å². The summed E-state index contributed by atoms with van der Waals surface area (Å²) in [7, 11) is 1.32. The normalized spacial score (nSPS) is 9.94. The molecule has 0 N–H and O–H groups in total. The van der Waals surface area contributed by atoms with Crippen LogP contribution in [0.1, 0.15) is 12.0 Å². The number of anilines is 1. The molecule has 0 aliphatic carbocycles. The Hall–Kier alpha value is -1.55. The fourth-order valence-corrected chi connectivity index (χ4v) is 1.77. The smallest absolute Gasteiger partial charge is 0.307 e. The number of esters is 1. The van der Waals surface area contributed by atoms with Crippen molar-refractivity contribution < 1.29 is 14.3 Å². The van der Waals surface area contributed by atoms with Gasteiger partial charge in [0.15, 0.2) is 0 Å². The third-order valence-electron chi connectivity index (χ3n) is 2.59. The molecule has 98 valence electrons. The second kappa shape index (κ2) is 7.01. The first-order valence-corrected chi connectivity index (χ1v) is 6.12. The summed E-state index contributed by atoms with van der Waals surface area (Å²) in [5.41, 5.74) is 1.73. The van der Waals surface area contributed by atoms with Crippen molar-refractivity contribution in [3.63, 3.8) is 0 Å². The molecule has 0 unspecified atom stereocenters. The van der Waals surface area contributed by atoms with Crippen LogP contribution in [0.25, 0.3) is 0 Å². The predicted octanol–water partition coefficient (Wildman–Crippen LogP) is 2.13. The minimum atomic E-state index is -0.351. The molecule has 0 radical (unpaired) electrons. The van der Waals surface area contributed by atoms with Crippen molar-refractivity contribution in [2.45, 2.75) is 13.3 Å². The number of halogens is 1. The summed E-state index contributed by atoms with van der Waals surface area (Å²) in [6, 6.07) is 7.47. The third-order valence-corrected chi connectivity index (χ3v) is 2.82. The van der Waals surface area contributed by atoms with E-state index in [4.69, 9.17) is 11.6 Å². The molecule has 1 aromatic rings. The maximum Gasteiger partial charge on any atom is 0.307 e. The van der Waals surface area contributed by atoms with Gasteiger partial charge in [-0.2, -0.15) is 0 Å². The van der Waals surface area contributed by atoms with Crippen LogP contribution < -0.4 is 4.90 Å². The van der Waals surface area contributed by atoms with Crippen LogP contribution in [-0.4, -0.2) is 31.4 Å². The number of nitrogens with zero attached hydrogens (tertiary/aromatic N) is 1. The minimum absolute atomic E-state index is 0.116. The second-order valence-corrected chi connectivity index (χ2v) is 4.06. The van der Waals surface area contributed by atoms with Gasteiger partial charge in [0.2, 0.25) is 5.91 Å². The van der Waals surface area contributed by atoms with Crippen LogP contribution in [0.15, 0.2) is 24.3 Å². The average molecular weight is 270 g/mol. The first-order valence-electron chi connectivity index (χ1n) is 5.59. The zero-order chi connectivity index (χ0) is 13.5. The lowest BCUT2D eigenvalue weighted by Gasteiger charge is -2.23. The Morgan fingerprint density at radius 3 is 2.56 bits per heavy atom. The molecule has 0 aliphatic rings. The molecule has 0 spiro atoms. The van der Waals surface area contributed by atoms with Gasteiger partial charge in [-0.3, -0.25) is 9.59 Å². The lowest BCUT2D eigenvalue weighted by Crippen LogP contribution is -2.34. The summed E-state index contributed by atoms with van der Waals surface area (Å²) in [6.07, 6.45) is 0.146. The molecule has 0 aliphatic heterocycles. The van der Waals surface area contributed by atoms with Crippen LogP contribution in [0, 0.1) is 6.92 Å². The van der Waals surface area contributed by atoms with E-state index in [2.05, 4.69) is 4.74 Å². The fourth-order valence-electron chi connectivity index (χ4n) is 1.62. The largest absolute Gasteiger partial charge is 0.469 e. The maximum absolute atomic E-state index is 11.8. The third kappa shape index (κ3) is 3.74. The molecule has 18 heavy (non-hydrogen) atoms. The van der Waals surface area contributed by atoms with E-state index in [-0.39, 0.29) is 30.7 Å². The summed E-state index contributed by atoms with van der Waals surface area (Å²) in [5, 5.41) is 0. The minimum Gasteiger partial charge on any atom is -0.469 e. The van der Waals surface area contributed by atoms with Crippen molar-refractivity contribution >= 4 is 29.2 Å². The SMILES string of the molecule is COC(=O)CCN(C(=O)CCl)c1ccccc1C. The molecule has 0 atom stereocenters. The molecular formula is C13H16ClNO3. The summed E-state index contributed by atoms with van der Waals surface area (Å²) in [6.45, 7) is 2.17. The zero-order valence-electron chi connectivity index (χ0n) is 10.5. The van der Waals surface area contributed by atoms with E-state index < -0.39 is 0 Å². The number of carbonyl (C=O) groups excluding carboxylic acids is 2. The number of carbonyl (C=O) groups is 2. The molecule has 0 saturated carbocycles. The van der Waals surface area contributed by atoms with Gasteiger partial charge in [0.1, 0.15) is 5.88 Å². The van der Waals surface area contributed by atoms with Crippen molar-refractivity contribution in [3.05, 3.63) is 29.8 Å². The molecular weight excluding hydrogens is 254 g/mol. The van der Waals surface area contributed by atoms with Crippen molar-refractivity contribution in [1.29, 1.82) is 0 Å². The Kier molecular flexibility index (Phi) is 5.65. The zero-order valence-corrected chi connectivity index (χ0v) is 11.2. The maximum atomic E-state index is 11.8. The van der Waals surface area contributed by atoms with Gasteiger partial charge in [-0.05, 0) is 18.6 Å². The van der Waals surface area contributed by atoms with Crippen LogP contribution in [0.2, 0.25) is 0 Å². The number of hydrogen-bond acceptors (Lipinski definition) is 3. The lowest BCUT2D eigenvalue weighted by atomic mass is 10.1. The summed E-state index contributed by atoms with van der Waals surface area (Å²) in [4.78, 5) is 24.5. The number of benzene rings is 1. The van der Waals surface area contributed by atoms with Crippen LogP contribution >= 0.6 is 11.6 Å². The van der Waals surface area contributed by atoms with Crippen molar-refractivity contribution in [1.82, 2.24) is 0 Å². The quantitative estimate of drug-likeness (QED) is 0.608. The number of alkyl halides is 1. The molecule has 1 rings (SSSR count). The van der Waals surface area contributed by atoms with Crippen molar-refractivity contribution in [3.8, 4) is 0 Å². The highest BCUT2D eigenvalue weighted by molar-refractivity contribution is 6.29. The van der Waals surface area contributed by atoms with E-state index in [0.29, 0.717) is 0 Å². The molecule has 1 amide bonds. The van der Waals surface area contributed by atoms with Gasteiger partial charge >= 0.3 is 5.97 Å². The molecule has 5 heteroatoms. The summed E-state index contributed by atoms with van der Waals surface area (Å²) < 4.78 is 4.57. The van der Waals surface area contributed by atoms with Crippen LogP contribution in [-0.2, 0) is 14.3 Å². The van der Waals surface area contributed by atoms with E-state index in [0.717, 1.165) is 11.3 Å². The lowest BCUT2D eigenvalue weighted by molar-refractivity contribution is -0.140. The number of aryl methyl sites for hydroxylation is 1. The Bertz CT molecular complexity index is 434. The van der Waals surface area contributed by atoms with Gasteiger partial charge in [0, 0.05) is 12.2 Å². The van der Waals surface area contributed by atoms with E-state index in [1.165, 1.54) is 12.0 Å². The van der Waals surface area contributed by atoms with E-state index in [1.807, 2.05) is 31.2 Å². The molecule has 4 nitrogen and oxygen atoms in total. The summed E-state index contributed by atoms with van der Waals surface area (Å²) in [5.74, 6) is -0.694. The van der Waals surface area contributed by atoms with E-state index >= 15 is 0 Å². The first kappa shape index (κ1) is 14.5. The monoisotopic (exact) mass is 269 g/mol. The van der Waals surface area contributed by atoms with Gasteiger partial charge in [-0.1, -0.05) is 18.2 Å². The number of para-hydroxylation sites is 1. The summed E-state index contributed by atoms with van der Waals surface area (Å²) >= 11 is 5.59. The van der Waals surface area contributed by atoms with E-state index in [9.17, 15) is 9.59 Å². The average Bonchev–Trinajstić information content (AvgIpc) is 2.40. The van der Waals surface area contributed by atoms with Crippen molar-refractivity contribution in [2.75, 3.05) is 24.4 Å². The van der Waals surface area contributed by atoms with Crippen molar-refractivity contribution in [2.24, 2.45) is 0 Å². The number of hydrogen-bond donors (Lipinski definition) is 0. The Morgan fingerprint density at radius 1 is 1.33 bits per heavy atom. The highest BCUT2D eigenvalue weighted by Gasteiger charge is 2.17. The Morgan fingerprint density at radius 2 is 2.00 bits per heavy atom. The van der Waals surface area contributed by atoms with Gasteiger partial charge in [-0.25, -0.2) is 0 Å². The number of amides is 1. The molecule has 0 aromatic heterocycles. The van der Waals surface area contributed by atoms with Gasteiger partial charge < -0.3 is 9.64 Å². The molecule has 0 heterocycles. The fraction of sp³-hybridized carbons (Fsp3) is 0.385. The van der Waals surface area contributed by atoms with Gasteiger partial charge in [0.25, 0.3) is 0 Å². The highest BCUT2D eigenvalue weighted by atomic mass is 35.5. The number of ether oxygens (including phenoxy) is 1. The molecule has 0 fully saturated rings.